The Bertz CT molecular complexity index is 1250. The van der Waals surface area contributed by atoms with Gasteiger partial charge in [0.1, 0.15) is 11.2 Å². The number of alkyl halides is 3. The van der Waals surface area contributed by atoms with Crippen molar-refractivity contribution in [2.75, 3.05) is 5.32 Å². The number of alkyl carbamates (subject to hydrolysis) is 1. The Labute approximate surface area is 190 Å². The summed E-state index contributed by atoms with van der Waals surface area (Å²) in [7, 11) is 0. The molecule has 0 radical (unpaired) electrons. The Hall–Kier alpha value is -3.41. The molecule has 1 aromatic carbocycles. The lowest BCUT2D eigenvalue weighted by Crippen LogP contribution is -2.36. The van der Waals surface area contributed by atoms with Gasteiger partial charge in [-0.2, -0.15) is 13.2 Å². The first kappa shape index (κ1) is 24.2. The summed E-state index contributed by atoms with van der Waals surface area (Å²) in [5, 5.41) is 6.39. The number of hydrogen-bond donors (Lipinski definition) is 3. The molecule has 1 unspecified atom stereocenters. The van der Waals surface area contributed by atoms with Gasteiger partial charge in [-0.1, -0.05) is 6.07 Å². The van der Waals surface area contributed by atoms with Gasteiger partial charge in [0.25, 0.3) is 5.91 Å². The van der Waals surface area contributed by atoms with Crippen LogP contribution < -0.4 is 16.1 Å². The maximum absolute atomic E-state index is 13.6. The minimum Gasteiger partial charge on any atom is -0.444 e. The summed E-state index contributed by atoms with van der Waals surface area (Å²) >= 11 is 1.10. The molecule has 8 nitrogen and oxygen atoms in total. The molecule has 0 aliphatic heterocycles. The second-order valence-electron chi connectivity index (χ2n) is 8.13. The molecule has 2 heterocycles. The van der Waals surface area contributed by atoms with Crippen molar-refractivity contribution in [2.24, 2.45) is 0 Å². The van der Waals surface area contributed by atoms with Gasteiger partial charge in [-0.05, 0) is 39.8 Å². The molecule has 2 aromatic heterocycles. The Morgan fingerprint density at radius 1 is 1.21 bits per heavy atom. The van der Waals surface area contributed by atoms with Crippen molar-refractivity contribution in [3.63, 3.8) is 0 Å². The topological polar surface area (TPSA) is 113 Å². The Morgan fingerprint density at radius 3 is 2.48 bits per heavy atom. The van der Waals surface area contributed by atoms with Crippen molar-refractivity contribution in [1.29, 1.82) is 0 Å². The van der Waals surface area contributed by atoms with E-state index in [1.54, 1.807) is 26.2 Å². The second kappa shape index (κ2) is 8.85. The number of carbonyl (C=O) groups is 2. The van der Waals surface area contributed by atoms with Crippen LogP contribution in [-0.2, 0) is 10.9 Å². The molecule has 12 heteroatoms. The number of benzene rings is 1. The van der Waals surface area contributed by atoms with Crippen LogP contribution in [0.5, 0.6) is 0 Å². The Kier molecular flexibility index (Phi) is 6.50. The predicted octanol–water partition coefficient (Wildman–Crippen LogP) is 4.84. The molecule has 2 amide bonds. The van der Waals surface area contributed by atoms with E-state index in [9.17, 15) is 27.6 Å². The number of amides is 2. The summed E-state index contributed by atoms with van der Waals surface area (Å²) in [4.78, 5) is 44.9. The number of nitrogens with zero attached hydrogens (tertiary/aromatic N) is 1. The monoisotopic (exact) mass is 482 g/mol. The summed E-state index contributed by atoms with van der Waals surface area (Å²) in [5.41, 5.74) is -3.97. The van der Waals surface area contributed by atoms with E-state index in [2.05, 4.69) is 20.6 Å². The van der Waals surface area contributed by atoms with Crippen molar-refractivity contribution < 1.29 is 27.5 Å². The van der Waals surface area contributed by atoms with Crippen LogP contribution in [0.3, 0.4) is 0 Å². The highest BCUT2D eigenvalue weighted by Gasteiger charge is 2.35. The van der Waals surface area contributed by atoms with E-state index >= 15 is 0 Å². The minimum absolute atomic E-state index is 0.197. The summed E-state index contributed by atoms with van der Waals surface area (Å²) in [5.74, 6) is -0.877. The first-order chi connectivity index (χ1) is 15.3. The molecule has 1 atom stereocenters. The largest absolute Gasteiger partial charge is 0.444 e. The van der Waals surface area contributed by atoms with E-state index in [0.717, 1.165) is 23.5 Å². The molecule has 0 aliphatic rings. The molecule has 0 saturated carbocycles. The number of aromatic nitrogens is 2. The van der Waals surface area contributed by atoms with Gasteiger partial charge in [0.05, 0.1) is 22.8 Å². The standard InChI is InChI=1S/C21H21F3N4O4S/c1-10(26-19(31)32-20(2,3)4)14-13(17(30)28-18-25-8-9-33-18)16(29)11-6-5-7-12(15(11)27-14)21(22,23)24/h5-10H,1-4H3,(H,26,31)(H,27,29)(H,25,28,30). The van der Waals surface area contributed by atoms with Gasteiger partial charge in [-0.3, -0.25) is 14.9 Å². The van der Waals surface area contributed by atoms with Crippen LogP contribution in [0.15, 0.2) is 34.6 Å². The number of rotatable bonds is 4. The number of para-hydroxylation sites is 1. The molecule has 0 fully saturated rings. The maximum Gasteiger partial charge on any atom is 0.418 e. The lowest BCUT2D eigenvalue weighted by Gasteiger charge is -2.23. The lowest BCUT2D eigenvalue weighted by molar-refractivity contribution is -0.136. The van der Waals surface area contributed by atoms with E-state index < -0.39 is 51.9 Å². The molecule has 33 heavy (non-hydrogen) atoms. The smallest absolute Gasteiger partial charge is 0.418 e. The number of fused-ring (bicyclic) bond motifs is 1. The number of hydrogen-bond acceptors (Lipinski definition) is 6. The van der Waals surface area contributed by atoms with Crippen LogP contribution in [-0.4, -0.2) is 27.6 Å². The fraction of sp³-hybridized carbons (Fsp3) is 0.333. The summed E-state index contributed by atoms with van der Waals surface area (Å²) in [6.45, 7) is 6.32. The van der Waals surface area contributed by atoms with E-state index in [1.165, 1.54) is 19.2 Å². The van der Waals surface area contributed by atoms with Crippen LogP contribution in [0.4, 0.5) is 23.1 Å². The number of carbonyl (C=O) groups excluding carboxylic acids is 2. The minimum atomic E-state index is -4.76. The molecular formula is C21H21F3N4O4S. The van der Waals surface area contributed by atoms with Gasteiger partial charge in [0, 0.05) is 17.0 Å². The third kappa shape index (κ3) is 5.51. The Balaban J connectivity index is 2.17. The van der Waals surface area contributed by atoms with Gasteiger partial charge in [0.2, 0.25) is 5.43 Å². The van der Waals surface area contributed by atoms with Crippen LogP contribution in [0, 0.1) is 0 Å². The zero-order valence-electron chi connectivity index (χ0n) is 18.1. The number of thiazole rings is 1. The number of halogens is 3. The number of ether oxygens (including phenoxy) is 1. The van der Waals surface area contributed by atoms with Crippen molar-refractivity contribution >= 4 is 39.4 Å². The molecule has 0 bridgehead atoms. The van der Waals surface area contributed by atoms with E-state index in [-0.39, 0.29) is 16.2 Å². The van der Waals surface area contributed by atoms with E-state index in [4.69, 9.17) is 4.74 Å². The predicted molar refractivity (Wildman–Crippen MR) is 117 cm³/mol. The lowest BCUT2D eigenvalue weighted by atomic mass is 10.0. The number of H-pyrrole nitrogens is 1. The third-order valence-corrected chi connectivity index (χ3v) is 5.11. The highest BCUT2D eigenvalue weighted by atomic mass is 32.1. The van der Waals surface area contributed by atoms with E-state index in [0.29, 0.717) is 0 Å². The first-order valence-corrected chi connectivity index (χ1v) is 10.6. The zero-order chi connectivity index (χ0) is 24.6. The van der Waals surface area contributed by atoms with Crippen molar-refractivity contribution in [1.82, 2.24) is 15.3 Å². The molecule has 3 N–H and O–H groups in total. The van der Waals surface area contributed by atoms with Gasteiger partial charge in [-0.15, -0.1) is 11.3 Å². The molecule has 0 aliphatic carbocycles. The van der Waals surface area contributed by atoms with Crippen LogP contribution in [0.1, 0.15) is 55.4 Å². The molecular weight excluding hydrogens is 461 g/mol. The van der Waals surface area contributed by atoms with Gasteiger partial charge in [-0.25, -0.2) is 9.78 Å². The van der Waals surface area contributed by atoms with Crippen LogP contribution in [0.2, 0.25) is 0 Å². The quantitative estimate of drug-likeness (QED) is 0.493. The van der Waals surface area contributed by atoms with Crippen LogP contribution in [0.25, 0.3) is 10.9 Å². The average Bonchev–Trinajstić information content (AvgIpc) is 3.17. The highest BCUT2D eigenvalue weighted by molar-refractivity contribution is 7.13. The van der Waals surface area contributed by atoms with Gasteiger partial charge in [0.15, 0.2) is 5.13 Å². The summed E-state index contributed by atoms with van der Waals surface area (Å²) in [6, 6.07) is 2.03. The highest BCUT2D eigenvalue weighted by Crippen LogP contribution is 2.34. The molecule has 3 rings (SSSR count). The number of aromatic amines is 1. The van der Waals surface area contributed by atoms with Crippen molar-refractivity contribution in [2.45, 2.75) is 45.5 Å². The fourth-order valence-corrected chi connectivity index (χ4v) is 3.64. The normalized spacial score (nSPS) is 12.9. The average molecular weight is 482 g/mol. The van der Waals surface area contributed by atoms with Crippen molar-refractivity contribution in [3.8, 4) is 0 Å². The second-order valence-corrected chi connectivity index (χ2v) is 9.02. The number of pyridine rings is 1. The van der Waals surface area contributed by atoms with E-state index in [1.807, 2.05) is 0 Å². The summed E-state index contributed by atoms with van der Waals surface area (Å²) < 4.78 is 46.0. The van der Waals surface area contributed by atoms with Crippen LogP contribution >= 0.6 is 11.3 Å². The molecule has 3 aromatic rings. The van der Waals surface area contributed by atoms with Gasteiger partial charge < -0.3 is 15.0 Å². The fourth-order valence-electron chi connectivity index (χ4n) is 3.12. The molecule has 0 spiro atoms. The maximum atomic E-state index is 13.6. The number of anilines is 1. The van der Waals surface area contributed by atoms with Gasteiger partial charge >= 0.3 is 12.3 Å². The molecule has 176 valence electrons. The Morgan fingerprint density at radius 2 is 1.91 bits per heavy atom. The zero-order valence-corrected chi connectivity index (χ0v) is 18.9. The van der Waals surface area contributed by atoms with Crippen molar-refractivity contribution in [3.05, 3.63) is 56.8 Å². The SMILES string of the molecule is CC(NC(=O)OC(C)(C)C)c1[nH]c2c(C(F)(F)F)cccc2c(=O)c1C(=O)Nc1nccs1. The number of nitrogens with one attached hydrogen (secondary N) is 3. The third-order valence-electron chi connectivity index (χ3n) is 4.42. The first-order valence-electron chi connectivity index (χ1n) is 9.74. The summed E-state index contributed by atoms with van der Waals surface area (Å²) in [6.07, 6.45) is -4.19. The molecule has 0 saturated heterocycles.